The van der Waals surface area contributed by atoms with Crippen LogP contribution in [0.1, 0.15) is 0 Å². The first-order valence-corrected chi connectivity index (χ1v) is 8.44. The number of hydrogen-bond donors (Lipinski definition) is 0. The summed E-state index contributed by atoms with van der Waals surface area (Å²) >= 11 is 3.57. The summed E-state index contributed by atoms with van der Waals surface area (Å²) in [7, 11) is 4.10. The summed E-state index contributed by atoms with van der Waals surface area (Å²) in [6.45, 7) is 1.77. The van der Waals surface area contributed by atoms with Crippen LogP contribution in [0.2, 0.25) is 0 Å². The Kier molecular flexibility index (Phi) is 6.35. The van der Waals surface area contributed by atoms with Crippen molar-refractivity contribution in [2.75, 3.05) is 32.1 Å². The van der Waals surface area contributed by atoms with E-state index >= 15 is 0 Å². The van der Waals surface area contributed by atoms with Gasteiger partial charge in [0.2, 0.25) is 5.16 Å². The van der Waals surface area contributed by atoms with Gasteiger partial charge in [0, 0.05) is 22.9 Å². The molecule has 1 aromatic heterocycles. The van der Waals surface area contributed by atoms with Gasteiger partial charge in [-0.25, -0.2) is 4.68 Å². The Balaban J connectivity index is 1.73. The van der Waals surface area contributed by atoms with E-state index in [1.807, 2.05) is 36.6 Å². The molecule has 0 aliphatic carbocycles. The van der Waals surface area contributed by atoms with E-state index in [1.165, 1.54) is 4.90 Å². The average molecular weight is 309 g/mol. The van der Waals surface area contributed by atoms with Gasteiger partial charge in [-0.2, -0.15) is 0 Å². The third kappa shape index (κ3) is 5.15. The van der Waals surface area contributed by atoms with Crippen LogP contribution in [0, 0.1) is 0 Å². The second kappa shape index (κ2) is 8.28. The molecule has 0 spiro atoms. The number of aromatic nitrogens is 4. The predicted molar refractivity (Wildman–Crippen MR) is 84.3 cm³/mol. The summed E-state index contributed by atoms with van der Waals surface area (Å²) in [5, 5.41) is 12.8. The van der Waals surface area contributed by atoms with Gasteiger partial charge in [-0.3, -0.25) is 0 Å². The van der Waals surface area contributed by atoms with Crippen molar-refractivity contribution < 1.29 is 0 Å². The van der Waals surface area contributed by atoms with E-state index in [1.54, 1.807) is 11.8 Å². The highest BCUT2D eigenvalue weighted by Gasteiger charge is 2.06. The minimum atomic E-state index is 0.828. The lowest BCUT2D eigenvalue weighted by molar-refractivity contribution is 0.361. The fraction of sp³-hybridized carbons (Fsp3) is 0.462. The standard InChI is InChI=1S/C13H19N5S2/c1-17(2)8-9-18-13(14-15-16-18)20-11-10-19-12-6-4-3-5-7-12/h3-7H,8-11H2,1-2H3. The van der Waals surface area contributed by atoms with Crippen LogP contribution in [0.25, 0.3) is 0 Å². The average Bonchev–Trinajstić information content (AvgIpc) is 2.90. The zero-order valence-electron chi connectivity index (χ0n) is 11.8. The van der Waals surface area contributed by atoms with Crippen molar-refractivity contribution >= 4 is 23.5 Å². The molecule has 108 valence electrons. The Hall–Kier alpha value is -1.05. The number of benzene rings is 1. The molecule has 0 N–H and O–H groups in total. The topological polar surface area (TPSA) is 46.8 Å². The minimum Gasteiger partial charge on any atom is -0.308 e. The first-order valence-electron chi connectivity index (χ1n) is 6.47. The number of nitrogens with zero attached hydrogens (tertiary/aromatic N) is 5. The molecule has 7 heteroatoms. The molecule has 2 aromatic rings. The smallest absolute Gasteiger partial charge is 0.209 e. The molecule has 0 atom stereocenters. The largest absolute Gasteiger partial charge is 0.308 e. The van der Waals surface area contributed by atoms with Crippen LogP contribution in [-0.4, -0.2) is 57.3 Å². The number of tetrazole rings is 1. The highest BCUT2D eigenvalue weighted by molar-refractivity contribution is 8.02. The molecule has 2 rings (SSSR count). The van der Waals surface area contributed by atoms with Crippen LogP contribution in [0.5, 0.6) is 0 Å². The Labute approximate surface area is 128 Å². The third-order valence-corrected chi connectivity index (χ3v) is 4.82. The van der Waals surface area contributed by atoms with Crippen LogP contribution in [-0.2, 0) is 6.54 Å². The van der Waals surface area contributed by atoms with Crippen LogP contribution in [0.3, 0.4) is 0 Å². The lowest BCUT2D eigenvalue weighted by Gasteiger charge is -2.09. The van der Waals surface area contributed by atoms with Gasteiger partial charge in [-0.1, -0.05) is 30.0 Å². The van der Waals surface area contributed by atoms with E-state index < -0.39 is 0 Å². The number of rotatable bonds is 8. The van der Waals surface area contributed by atoms with Gasteiger partial charge in [-0.15, -0.1) is 16.9 Å². The first-order chi connectivity index (χ1) is 9.75. The molecule has 0 saturated carbocycles. The summed E-state index contributed by atoms with van der Waals surface area (Å²) in [6, 6.07) is 10.4. The van der Waals surface area contributed by atoms with Gasteiger partial charge in [-0.05, 0) is 36.7 Å². The number of likely N-dealkylation sites (N-methyl/N-ethyl adjacent to an activating group) is 1. The summed E-state index contributed by atoms with van der Waals surface area (Å²) in [5.74, 6) is 2.05. The zero-order valence-corrected chi connectivity index (χ0v) is 13.4. The van der Waals surface area contributed by atoms with Crippen molar-refractivity contribution in [3.8, 4) is 0 Å². The van der Waals surface area contributed by atoms with Gasteiger partial charge in [0.15, 0.2) is 0 Å². The molecule has 0 aliphatic rings. The molecule has 0 bridgehead atoms. The van der Waals surface area contributed by atoms with Crippen molar-refractivity contribution in [1.82, 2.24) is 25.1 Å². The molecule has 0 radical (unpaired) electrons. The quantitative estimate of drug-likeness (QED) is 0.550. The Morgan fingerprint density at radius 3 is 2.60 bits per heavy atom. The number of thioether (sulfide) groups is 2. The van der Waals surface area contributed by atoms with Crippen LogP contribution in [0.4, 0.5) is 0 Å². The second-order valence-corrected chi connectivity index (χ2v) is 6.73. The lowest BCUT2D eigenvalue weighted by atomic mass is 10.4. The molecule has 1 heterocycles. The maximum Gasteiger partial charge on any atom is 0.209 e. The molecular formula is C13H19N5S2. The molecule has 0 amide bonds. The molecule has 20 heavy (non-hydrogen) atoms. The molecule has 5 nitrogen and oxygen atoms in total. The highest BCUT2D eigenvalue weighted by Crippen LogP contribution is 2.21. The van der Waals surface area contributed by atoms with E-state index in [-0.39, 0.29) is 0 Å². The van der Waals surface area contributed by atoms with Gasteiger partial charge >= 0.3 is 0 Å². The Morgan fingerprint density at radius 1 is 1.10 bits per heavy atom. The zero-order chi connectivity index (χ0) is 14.2. The van der Waals surface area contributed by atoms with Gasteiger partial charge in [0.05, 0.1) is 6.54 Å². The van der Waals surface area contributed by atoms with Gasteiger partial charge < -0.3 is 4.90 Å². The monoisotopic (exact) mass is 309 g/mol. The molecule has 0 saturated heterocycles. The van der Waals surface area contributed by atoms with E-state index in [0.29, 0.717) is 0 Å². The molecule has 0 unspecified atom stereocenters. The summed E-state index contributed by atoms with van der Waals surface area (Å²) in [5.41, 5.74) is 0. The predicted octanol–water partition coefficient (Wildman–Crippen LogP) is 2.12. The SMILES string of the molecule is CN(C)CCn1nnnc1SCCSc1ccccc1. The van der Waals surface area contributed by atoms with Crippen LogP contribution < -0.4 is 0 Å². The van der Waals surface area contributed by atoms with E-state index in [0.717, 1.165) is 29.8 Å². The van der Waals surface area contributed by atoms with Gasteiger partial charge in [0.1, 0.15) is 0 Å². The normalized spacial score (nSPS) is 11.2. The second-order valence-electron chi connectivity index (χ2n) is 4.50. The van der Waals surface area contributed by atoms with Crippen LogP contribution in [0.15, 0.2) is 40.4 Å². The fourth-order valence-electron chi connectivity index (χ4n) is 1.54. The maximum atomic E-state index is 4.08. The van der Waals surface area contributed by atoms with Crippen LogP contribution >= 0.6 is 23.5 Å². The van der Waals surface area contributed by atoms with Crippen molar-refractivity contribution in [3.05, 3.63) is 30.3 Å². The molecular weight excluding hydrogens is 290 g/mol. The third-order valence-electron chi connectivity index (χ3n) is 2.58. The van der Waals surface area contributed by atoms with E-state index in [2.05, 4.69) is 44.7 Å². The van der Waals surface area contributed by atoms with Crippen molar-refractivity contribution in [3.63, 3.8) is 0 Å². The number of hydrogen-bond acceptors (Lipinski definition) is 6. The lowest BCUT2D eigenvalue weighted by Crippen LogP contribution is -2.19. The first kappa shape index (κ1) is 15.3. The Bertz CT molecular complexity index is 500. The molecule has 0 aliphatic heterocycles. The highest BCUT2D eigenvalue weighted by atomic mass is 32.2. The van der Waals surface area contributed by atoms with Gasteiger partial charge in [0.25, 0.3) is 0 Å². The summed E-state index contributed by atoms with van der Waals surface area (Å²) in [6.07, 6.45) is 0. The van der Waals surface area contributed by atoms with E-state index in [4.69, 9.17) is 0 Å². The van der Waals surface area contributed by atoms with Crippen molar-refractivity contribution in [2.24, 2.45) is 0 Å². The maximum absolute atomic E-state index is 4.08. The Morgan fingerprint density at radius 2 is 1.85 bits per heavy atom. The van der Waals surface area contributed by atoms with E-state index in [9.17, 15) is 0 Å². The molecule has 1 aromatic carbocycles. The fourth-order valence-corrected chi connectivity index (χ4v) is 3.35. The van der Waals surface area contributed by atoms with Crippen molar-refractivity contribution in [2.45, 2.75) is 16.6 Å². The summed E-state index contributed by atoms with van der Waals surface area (Å²) < 4.78 is 1.87. The van der Waals surface area contributed by atoms with Crippen molar-refractivity contribution in [1.29, 1.82) is 0 Å². The summed E-state index contributed by atoms with van der Waals surface area (Å²) in [4.78, 5) is 3.43. The minimum absolute atomic E-state index is 0.828. The molecule has 0 fully saturated rings.